The van der Waals surface area contributed by atoms with E-state index in [1.165, 1.54) is 105 Å². The SMILES string of the molecule is CC(C)c1ccccc1.CCCC.CCCC(C)C.CCCCCC1CC1.CCCOCCC(C)CC.Cc1ccc(C(C)C)c(F)c1.Cc1ccc(C(C)C)cc1.Cc1ccc(C(C)C)cc1. The molecule has 0 saturated heterocycles. The van der Waals surface area contributed by atoms with Crippen molar-refractivity contribution in [2.24, 2.45) is 17.8 Å². The van der Waals surface area contributed by atoms with E-state index in [0.29, 0.717) is 17.8 Å². The van der Waals surface area contributed by atoms with Crippen LogP contribution in [0.4, 0.5) is 4.39 Å². The fourth-order valence-corrected chi connectivity index (χ4v) is 6.24. The quantitative estimate of drug-likeness (QED) is 0.0959. The number of halogens is 1. The third-order valence-electron chi connectivity index (χ3n) is 11.8. The molecule has 0 aromatic heterocycles. The Morgan fingerprint density at radius 3 is 1.24 bits per heavy atom. The van der Waals surface area contributed by atoms with E-state index in [-0.39, 0.29) is 11.7 Å². The lowest BCUT2D eigenvalue weighted by atomic mass is 10.0. The summed E-state index contributed by atoms with van der Waals surface area (Å²) in [6, 6.07) is 33.3. The zero-order valence-corrected chi connectivity index (χ0v) is 48.7. The van der Waals surface area contributed by atoms with Crippen molar-refractivity contribution in [1.29, 1.82) is 0 Å². The molecule has 0 bridgehead atoms. The Balaban J connectivity index is -0.000000719. The van der Waals surface area contributed by atoms with E-state index in [9.17, 15) is 4.39 Å². The lowest BCUT2D eigenvalue weighted by Gasteiger charge is -2.07. The molecule has 0 N–H and O–H groups in total. The molecule has 5 rings (SSSR count). The Morgan fingerprint density at radius 1 is 0.471 bits per heavy atom. The van der Waals surface area contributed by atoms with Crippen LogP contribution in [0.1, 0.15) is 264 Å². The lowest BCUT2D eigenvalue weighted by molar-refractivity contribution is 0.122. The largest absolute Gasteiger partial charge is 0.381 e. The van der Waals surface area contributed by atoms with E-state index in [2.05, 4.69) is 190 Å². The third kappa shape index (κ3) is 44.0. The summed E-state index contributed by atoms with van der Waals surface area (Å²) in [5.74, 6) is 5.04. The summed E-state index contributed by atoms with van der Waals surface area (Å²) in [6.07, 6.45) is 17.9. The van der Waals surface area contributed by atoms with Gasteiger partial charge in [0.25, 0.3) is 0 Å². The summed E-state index contributed by atoms with van der Waals surface area (Å²) in [5, 5.41) is 0. The molecule has 1 atom stereocenters. The van der Waals surface area contributed by atoms with Gasteiger partial charge < -0.3 is 4.74 Å². The molecule has 1 nitrogen and oxygen atoms in total. The molecule has 390 valence electrons. The predicted molar refractivity (Wildman–Crippen MR) is 309 cm³/mol. The van der Waals surface area contributed by atoms with Crippen LogP contribution >= 0.6 is 0 Å². The van der Waals surface area contributed by atoms with Gasteiger partial charge in [-0.25, -0.2) is 4.39 Å². The lowest BCUT2D eigenvalue weighted by Crippen LogP contribution is -2.01. The molecule has 68 heavy (non-hydrogen) atoms. The molecule has 1 aliphatic rings. The predicted octanol–water partition coefficient (Wildman–Crippen LogP) is 22.4. The van der Waals surface area contributed by atoms with Crippen molar-refractivity contribution in [2.45, 2.75) is 246 Å². The van der Waals surface area contributed by atoms with E-state index in [0.717, 1.165) is 48.5 Å². The van der Waals surface area contributed by atoms with Gasteiger partial charge in [-0.3, -0.25) is 0 Å². The first-order valence-electron chi connectivity index (χ1n) is 27.8. The van der Waals surface area contributed by atoms with Crippen molar-refractivity contribution >= 4 is 0 Å². The highest BCUT2D eigenvalue weighted by Gasteiger charge is 2.19. The van der Waals surface area contributed by atoms with Crippen LogP contribution in [0.5, 0.6) is 0 Å². The molecular weight excluding hydrogens is 828 g/mol. The highest BCUT2D eigenvalue weighted by atomic mass is 19.1. The summed E-state index contributed by atoms with van der Waals surface area (Å²) in [4.78, 5) is 0. The van der Waals surface area contributed by atoms with Crippen molar-refractivity contribution in [3.05, 3.63) is 142 Å². The fraction of sp³-hybridized carbons (Fsp3) is 0.636. The Bertz CT molecular complexity index is 1560. The number of rotatable bonds is 17. The molecule has 1 aliphatic carbocycles. The van der Waals surface area contributed by atoms with Gasteiger partial charge in [-0.2, -0.15) is 0 Å². The van der Waals surface area contributed by atoms with E-state index < -0.39 is 0 Å². The minimum atomic E-state index is -0.0833. The van der Waals surface area contributed by atoms with Crippen molar-refractivity contribution in [3.63, 3.8) is 0 Å². The van der Waals surface area contributed by atoms with Crippen molar-refractivity contribution in [2.75, 3.05) is 13.2 Å². The molecule has 2 heteroatoms. The standard InChI is InChI=1S/C10H13F.2C10H14.C9H20O.C9H12.C8H16.C6H14.C4H10/c1-7(2)9-5-4-8(3)6-10(9)11;2*1-8(2)10-6-4-9(3)5-7-10;1-4-7-10-8-6-9(3)5-2;1-8(2)9-6-4-3-5-7-9;1-2-3-4-5-8-6-7-8;1-4-5-6(2)3;1-3-4-2/h4-7H,1-3H3;2*4-8H,1-3H3;9H,4-8H2,1-3H3;3-8H,1-2H3;8H,2-7H2,1H3;6H,4-5H2,1-3H3;3-4H2,1-2H3. The number of hydrogen-bond donors (Lipinski definition) is 0. The van der Waals surface area contributed by atoms with Crippen LogP contribution in [0.25, 0.3) is 0 Å². The molecule has 4 aromatic rings. The van der Waals surface area contributed by atoms with Crippen LogP contribution in [-0.4, -0.2) is 13.2 Å². The van der Waals surface area contributed by atoms with Crippen LogP contribution in [0.3, 0.4) is 0 Å². The van der Waals surface area contributed by atoms with Gasteiger partial charge in [0.1, 0.15) is 5.82 Å². The Morgan fingerprint density at radius 2 is 0.926 bits per heavy atom. The first kappa shape index (κ1) is 69.0. The Kier molecular flexibility index (Phi) is 46.9. The van der Waals surface area contributed by atoms with Crippen LogP contribution in [-0.2, 0) is 4.74 Å². The van der Waals surface area contributed by atoms with E-state index in [1.54, 1.807) is 6.07 Å². The average Bonchev–Trinajstić information content (AvgIpc) is 4.14. The highest BCUT2D eigenvalue weighted by molar-refractivity contribution is 5.26. The van der Waals surface area contributed by atoms with E-state index in [4.69, 9.17) is 4.74 Å². The van der Waals surface area contributed by atoms with E-state index >= 15 is 0 Å². The minimum Gasteiger partial charge on any atom is -0.381 e. The van der Waals surface area contributed by atoms with Gasteiger partial charge in [0, 0.05) is 13.2 Å². The van der Waals surface area contributed by atoms with Crippen LogP contribution in [0.15, 0.2) is 97.1 Å². The molecule has 0 spiro atoms. The maximum absolute atomic E-state index is 13.1. The van der Waals surface area contributed by atoms with Crippen LogP contribution in [0.2, 0.25) is 0 Å². The second kappa shape index (κ2) is 46.2. The summed E-state index contributed by atoms with van der Waals surface area (Å²) in [5.41, 5.74) is 8.71. The van der Waals surface area contributed by atoms with Crippen LogP contribution < -0.4 is 0 Å². The van der Waals surface area contributed by atoms with Crippen LogP contribution in [0, 0.1) is 44.3 Å². The second-order valence-corrected chi connectivity index (χ2v) is 20.9. The number of aryl methyl sites for hydroxylation is 3. The summed E-state index contributed by atoms with van der Waals surface area (Å²) in [7, 11) is 0. The number of ether oxygens (including phenoxy) is 1. The smallest absolute Gasteiger partial charge is 0.126 e. The summed E-state index contributed by atoms with van der Waals surface area (Å²) < 4.78 is 18.5. The maximum atomic E-state index is 13.1. The van der Waals surface area contributed by atoms with Gasteiger partial charge in [0.15, 0.2) is 0 Å². The zero-order valence-electron chi connectivity index (χ0n) is 48.7. The first-order chi connectivity index (χ1) is 32.2. The van der Waals surface area contributed by atoms with Crippen molar-refractivity contribution in [3.8, 4) is 0 Å². The minimum absolute atomic E-state index is 0.0833. The average molecular weight is 942 g/mol. The zero-order chi connectivity index (χ0) is 52.3. The van der Waals surface area contributed by atoms with Crippen molar-refractivity contribution in [1.82, 2.24) is 0 Å². The highest BCUT2D eigenvalue weighted by Crippen LogP contribution is 2.34. The second-order valence-electron chi connectivity index (χ2n) is 20.9. The molecule has 1 unspecified atom stereocenters. The molecular formula is C66H113FO. The molecule has 4 aromatic carbocycles. The summed E-state index contributed by atoms with van der Waals surface area (Å²) >= 11 is 0. The number of unbranched alkanes of at least 4 members (excludes halogenated alkanes) is 3. The van der Waals surface area contributed by atoms with Gasteiger partial charge in [-0.15, -0.1) is 0 Å². The number of benzene rings is 4. The fourth-order valence-electron chi connectivity index (χ4n) is 6.24. The van der Waals surface area contributed by atoms with Gasteiger partial charge in [-0.05, 0) is 109 Å². The Hall–Kier alpha value is -3.23. The molecule has 0 amide bonds. The van der Waals surface area contributed by atoms with Gasteiger partial charge in [-0.1, -0.05) is 290 Å². The third-order valence-corrected chi connectivity index (χ3v) is 11.8. The van der Waals surface area contributed by atoms with E-state index in [1.807, 2.05) is 39.0 Å². The molecule has 0 aliphatic heterocycles. The van der Waals surface area contributed by atoms with Gasteiger partial charge in [0.2, 0.25) is 0 Å². The number of hydrogen-bond acceptors (Lipinski definition) is 1. The molecule has 1 saturated carbocycles. The normalized spacial score (nSPS) is 11.7. The van der Waals surface area contributed by atoms with Crippen molar-refractivity contribution < 1.29 is 9.13 Å². The van der Waals surface area contributed by atoms with Gasteiger partial charge in [0.05, 0.1) is 0 Å². The topological polar surface area (TPSA) is 9.23 Å². The summed E-state index contributed by atoms with van der Waals surface area (Å²) in [6.45, 7) is 45.3. The van der Waals surface area contributed by atoms with Gasteiger partial charge >= 0.3 is 0 Å². The first-order valence-corrected chi connectivity index (χ1v) is 27.8. The maximum Gasteiger partial charge on any atom is 0.126 e. The monoisotopic (exact) mass is 941 g/mol. The molecule has 0 heterocycles. The molecule has 1 fully saturated rings. The molecule has 0 radical (unpaired) electrons. The Labute approximate surface area is 425 Å².